The SMILES string of the molecule is COc1ccnc(C(=O)NCC(=O)OC(C)Cc2ccc(C)cc2)c1OCOC(C)=O. The minimum Gasteiger partial charge on any atom is -0.493 e. The lowest BCUT2D eigenvalue weighted by atomic mass is 10.1. The molecule has 1 unspecified atom stereocenters. The van der Waals surface area contributed by atoms with Crippen molar-refractivity contribution >= 4 is 17.8 Å². The third-order valence-corrected chi connectivity index (χ3v) is 4.14. The maximum Gasteiger partial charge on any atom is 0.325 e. The third-order valence-electron chi connectivity index (χ3n) is 4.14. The molecule has 0 saturated carbocycles. The van der Waals surface area contributed by atoms with Crippen molar-refractivity contribution in [2.75, 3.05) is 20.4 Å². The standard InChI is InChI=1S/C22H26N2O7/c1-14-5-7-17(8-6-14)11-15(2)31-19(26)12-24-22(27)20-21(30-13-29-16(3)25)18(28-4)9-10-23-20/h5-10,15H,11-13H2,1-4H3,(H,24,27). The lowest BCUT2D eigenvalue weighted by molar-refractivity contribution is -0.148. The molecule has 9 heteroatoms. The summed E-state index contributed by atoms with van der Waals surface area (Å²) < 4.78 is 20.6. The van der Waals surface area contributed by atoms with E-state index in [2.05, 4.69) is 10.3 Å². The van der Waals surface area contributed by atoms with Crippen molar-refractivity contribution in [3.05, 3.63) is 53.3 Å². The van der Waals surface area contributed by atoms with Gasteiger partial charge in [0.05, 0.1) is 7.11 Å². The normalized spacial score (nSPS) is 11.2. The molecule has 0 saturated heterocycles. The number of aromatic nitrogens is 1. The molecule has 166 valence electrons. The average molecular weight is 430 g/mol. The first kappa shape index (κ1) is 23.7. The Morgan fingerprint density at radius 3 is 2.48 bits per heavy atom. The number of carbonyl (C=O) groups excluding carboxylic acids is 3. The summed E-state index contributed by atoms with van der Waals surface area (Å²) in [5.41, 5.74) is 2.08. The summed E-state index contributed by atoms with van der Waals surface area (Å²) in [5.74, 6) is -1.58. The Morgan fingerprint density at radius 1 is 1.13 bits per heavy atom. The summed E-state index contributed by atoms with van der Waals surface area (Å²) in [6.07, 6.45) is 1.56. The molecule has 9 nitrogen and oxygen atoms in total. The molecule has 0 aliphatic rings. The number of nitrogens with zero attached hydrogens (tertiary/aromatic N) is 1. The van der Waals surface area contributed by atoms with E-state index in [1.54, 1.807) is 6.92 Å². The highest BCUT2D eigenvalue weighted by atomic mass is 16.7. The number of rotatable bonds is 10. The predicted octanol–water partition coefficient (Wildman–Crippen LogP) is 2.20. The van der Waals surface area contributed by atoms with Crippen molar-refractivity contribution in [3.63, 3.8) is 0 Å². The van der Waals surface area contributed by atoms with Crippen LogP contribution in [0, 0.1) is 6.92 Å². The summed E-state index contributed by atoms with van der Waals surface area (Å²) in [7, 11) is 1.39. The molecule has 1 aromatic carbocycles. The van der Waals surface area contributed by atoms with E-state index in [1.165, 1.54) is 26.3 Å². The number of amides is 1. The molecule has 0 aliphatic carbocycles. The van der Waals surface area contributed by atoms with Gasteiger partial charge in [-0.05, 0) is 19.4 Å². The van der Waals surface area contributed by atoms with Crippen molar-refractivity contribution in [1.82, 2.24) is 10.3 Å². The molecule has 1 amide bonds. The van der Waals surface area contributed by atoms with Crippen molar-refractivity contribution in [3.8, 4) is 11.5 Å². The number of carbonyl (C=O) groups is 3. The van der Waals surface area contributed by atoms with Crippen molar-refractivity contribution in [2.45, 2.75) is 33.3 Å². The molecule has 1 aromatic heterocycles. The molecule has 1 heterocycles. The van der Waals surface area contributed by atoms with Gasteiger partial charge in [0.15, 0.2) is 17.2 Å². The van der Waals surface area contributed by atoms with E-state index in [1.807, 2.05) is 31.2 Å². The fourth-order valence-corrected chi connectivity index (χ4v) is 2.66. The van der Waals surface area contributed by atoms with Gasteiger partial charge in [-0.15, -0.1) is 0 Å². The van der Waals surface area contributed by atoms with Gasteiger partial charge in [0.1, 0.15) is 12.6 Å². The minimum atomic E-state index is -0.667. The molecule has 2 aromatic rings. The summed E-state index contributed by atoms with van der Waals surface area (Å²) >= 11 is 0. The Bertz CT molecular complexity index is 913. The Morgan fingerprint density at radius 2 is 1.84 bits per heavy atom. The number of esters is 2. The Labute approximate surface area is 180 Å². The summed E-state index contributed by atoms with van der Waals surface area (Å²) in [5, 5.41) is 2.45. The first-order valence-corrected chi connectivity index (χ1v) is 9.62. The molecule has 0 spiro atoms. The van der Waals surface area contributed by atoms with E-state index in [4.69, 9.17) is 18.9 Å². The largest absolute Gasteiger partial charge is 0.493 e. The van der Waals surface area contributed by atoms with E-state index in [9.17, 15) is 14.4 Å². The molecule has 1 N–H and O–H groups in total. The lowest BCUT2D eigenvalue weighted by Crippen LogP contribution is -2.33. The highest BCUT2D eigenvalue weighted by molar-refractivity contribution is 5.97. The van der Waals surface area contributed by atoms with Gasteiger partial charge in [0, 0.05) is 25.6 Å². The average Bonchev–Trinajstić information content (AvgIpc) is 2.73. The van der Waals surface area contributed by atoms with Gasteiger partial charge in [-0.3, -0.25) is 14.4 Å². The number of pyridine rings is 1. The zero-order valence-corrected chi connectivity index (χ0v) is 18.0. The molecule has 1 atom stereocenters. The van der Waals surface area contributed by atoms with Crippen LogP contribution in [0.5, 0.6) is 11.5 Å². The minimum absolute atomic E-state index is 0.00939. The zero-order chi connectivity index (χ0) is 22.8. The Kier molecular flexibility index (Phi) is 8.80. The van der Waals surface area contributed by atoms with E-state index in [0.29, 0.717) is 6.42 Å². The topological polar surface area (TPSA) is 113 Å². The van der Waals surface area contributed by atoms with Crippen molar-refractivity contribution < 1.29 is 33.3 Å². The summed E-state index contributed by atoms with van der Waals surface area (Å²) in [6.45, 7) is 4.24. The van der Waals surface area contributed by atoms with Gasteiger partial charge in [-0.2, -0.15) is 0 Å². The molecule has 0 aliphatic heterocycles. The summed E-state index contributed by atoms with van der Waals surface area (Å²) in [4.78, 5) is 39.5. The second-order valence-electron chi connectivity index (χ2n) is 6.76. The molecule has 0 radical (unpaired) electrons. The smallest absolute Gasteiger partial charge is 0.325 e. The number of hydrogen-bond acceptors (Lipinski definition) is 8. The van der Waals surface area contributed by atoms with Crippen LogP contribution < -0.4 is 14.8 Å². The van der Waals surface area contributed by atoms with Gasteiger partial charge < -0.3 is 24.3 Å². The van der Waals surface area contributed by atoms with Crippen LogP contribution in [-0.2, 0) is 25.5 Å². The maximum atomic E-state index is 12.5. The van der Waals surface area contributed by atoms with Crippen LogP contribution in [0.2, 0.25) is 0 Å². The van der Waals surface area contributed by atoms with Crippen LogP contribution >= 0.6 is 0 Å². The van der Waals surface area contributed by atoms with Gasteiger partial charge in [0.2, 0.25) is 6.79 Å². The van der Waals surface area contributed by atoms with E-state index < -0.39 is 24.6 Å². The Hall–Kier alpha value is -3.62. The summed E-state index contributed by atoms with van der Waals surface area (Å²) in [6, 6.07) is 9.43. The predicted molar refractivity (Wildman–Crippen MR) is 111 cm³/mol. The quantitative estimate of drug-likeness (QED) is 0.451. The van der Waals surface area contributed by atoms with Gasteiger partial charge in [-0.25, -0.2) is 4.98 Å². The third kappa shape index (κ3) is 7.61. The number of hydrogen-bond donors (Lipinski definition) is 1. The first-order valence-electron chi connectivity index (χ1n) is 9.62. The van der Waals surface area contributed by atoms with Gasteiger partial charge in [-0.1, -0.05) is 29.8 Å². The van der Waals surface area contributed by atoms with Crippen molar-refractivity contribution in [2.24, 2.45) is 0 Å². The van der Waals surface area contributed by atoms with Crippen LogP contribution in [-0.4, -0.2) is 49.4 Å². The molecule has 0 bridgehead atoms. The van der Waals surface area contributed by atoms with Crippen LogP contribution in [0.3, 0.4) is 0 Å². The molecule has 0 fully saturated rings. The number of methoxy groups -OCH3 is 1. The molecule has 2 rings (SSSR count). The first-order chi connectivity index (χ1) is 14.8. The van der Waals surface area contributed by atoms with Crippen LogP contribution in [0.15, 0.2) is 36.5 Å². The van der Waals surface area contributed by atoms with Gasteiger partial charge in [0.25, 0.3) is 5.91 Å². The molecular formula is C22H26N2O7. The monoisotopic (exact) mass is 430 g/mol. The highest BCUT2D eigenvalue weighted by Crippen LogP contribution is 2.29. The van der Waals surface area contributed by atoms with Crippen LogP contribution in [0.4, 0.5) is 0 Å². The second kappa shape index (κ2) is 11.5. The van der Waals surface area contributed by atoms with Crippen LogP contribution in [0.1, 0.15) is 35.5 Å². The second-order valence-corrected chi connectivity index (χ2v) is 6.76. The number of aryl methyl sites for hydroxylation is 1. The van der Waals surface area contributed by atoms with Gasteiger partial charge >= 0.3 is 11.9 Å². The van der Waals surface area contributed by atoms with E-state index in [-0.39, 0.29) is 29.8 Å². The number of nitrogens with one attached hydrogen (secondary N) is 1. The van der Waals surface area contributed by atoms with Crippen LogP contribution in [0.25, 0.3) is 0 Å². The maximum absolute atomic E-state index is 12.5. The van der Waals surface area contributed by atoms with Crippen molar-refractivity contribution in [1.29, 1.82) is 0 Å². The fraction of sp³-hybridized carbons (Fsp3) is 0.364. The lowest BCUT2D eigenvalue weighted by Gasteiger charge is -2.15. The highest BCUT2D eigenvalue weighted by Gasteiger charge is 2.21. The fourth-order valence-electron chi connectivity index (χ4n) is 2.66. The van der Waals surface area contributed by atoms with E-state index >= 15 is 0 Å². The molecular weight excluding hydrogens is 404 g/mol. The van der Waals surface area contributed by atoms with E-state index in [0.717, 1.165) is 11.1 Å². The molecule has 31 heavy (non-hydrogen) atoms. The number of ether oxygens (including phenoxy) is 4. The Balaban J connectivity index is 1.92. The number of benzene rings is 1. The zero-order valence-electron chi connectivity index (χ0n) is 18.0.